The Labute approximate surface area is 319 Å². The van der Waals surface area contributed by atoms with Crippen LogP contribution in [0.5, 0.6) is 11.5 Å². The van der Waals surface area contributed by atoms with Gasteiger partial charge in [-0.3, -0.25) is 14.4 Å². The number of hydrogen-bond donors (Lipinski definition) is 4. The van der Waals surface area contributed by atoms with Gasteiger partial charge in [0.1, 0.15) is 6.61 Å². The van der Waals surface area contributed by atoms with Crippen LogP contribution in [0.15, 0.2) is 48.2 Å². The fraction of sp³-hybridized carbons (Fsp3) is 0.538. The largest absolute Gasteiger partial charge is 0.504 e. The van der Waals surface area contributed by atoms with Crippen molar-refractivity contribution < 1.29 is 43.0 Å². The summed E-state index contributed by atoms with van der Waals surface area (Å²) in [6.45, 7) is 17.9. The lowest BCUT2D eigenvalue weighted by molar-refractivity contribution is -0.125. The van der Waals surface area contributed by atoms with Gasteiger partial charge < -0.3 is 39.4 Å². The number of carbonyl (C=O) groups is 4. The molecule has 15 heteroatoms. The molecule has 4 N–H and O–H groups in total. The lowest BCUT2D eigenvalue weighted by atomic mass is 10.0. The molecule has 0 unspecified atom stereocenters. The maximum atomic E-state index is 14.3. The fourth-order valence-electron chi connectivity index (χ4n) is 6.07. The molecule has 4 atom stereocenters. The molecular formula is C39H57N5O9Si. The second-order valence-corrected chi connectivity index (χ2v) is 20.6. The number of phenols is 1. The van der Waals surface area contributed by atoms with Crippen molar-refractivity contribution in [2.75, 3.05) is 37.5 Å². The molecule has 2 aromatic rings. The van der Waals surface area contributed by atoms with E-state index in [0.717, 1.165) is 5.57 Å². The molecule has 0 fully saturated rings. The number of hydroxylamine groups is 1. The highest BCUT2D eigenvalue weighted by Crippen LogP contribution is 2.45. The molecule has 0 spiro atoms. The van der Waals surface area contributed by atoms with Gasteiger partial charge in [-0.1, -0.05) is 52.3 Å². The van der Waals surface area contributed by atoms with E-state index in [4.69, 9.17) is 18.7 Å². The van der Waals surface area contributed by atoms with Crippen LogP contribution in [0.2, 0.25) is 18.1 Å². The molecule has 2 amide bonds. The van der Waals surface area contributed by atoms with E-state index in [1.807, 2.05) is 20.8 Å². The maximum Gasteiger partial charge on any atom is 0.416 e. The number of amides is 2. The van der Waals surface area contributed by atoms with E-state index >= 15 is 0 Å². The highest BCUT2D eigenvalue weighted by Gasteiger charge is 2.50. The predicted molar refractivity (Wildman–Crippen MR) is 209 cm³/mol. The monoisotopic (exact) mass is 767 g/mol. The number of methoxy groups -OCH3 is 1. The number of ether oxygens (including phenoxy) is 2. The molecule has 4 rings (SSSR count). The van der Waals surface area contributed by atoms with Crippen molar-refractivity contribution in [3.8, 4) is 11.5 Å². The van der Waals surface area contributed by atoms with E-state index in [9.17, 15) is 24.3 Å². The Balaban J connectivity index is 1.49. The van der Waals surface area contributed by atoms with Crippen molar-refractivity contribution in [2.45, 2.75) is 104 Å². The van der Waals surface area contributed by atoms with E-state index in [2.05, 4.69) is 50.0 Å². The second kappa shape index (κ2) is 17.5. The van der Waals surface area contributed by atoms with Gasteiger partial charge in [0.05, 0.1) is 56.7 Å². The van der Waals surface area contributed by atoms with Crippen LogP contribution in [-0.2, 0) is 30.2 Å². The Kier molecular flexibility index (Phi) is 13.7. The van der Waals surface area contributed by atoms with Crippen molar-refractivity contribution >= 4 is 43.3 Å². The summed E-state index contributed by atoms with van der Waals surface area (Å²) in [6, 6.07) is 8.33. The number of nitrogens with zero attached hydrogens (tertiary/aromatic N) is 2. The third-order valence-corrected chi connectivity index (χ3v) is 14.8. The molecule has 2 aliphatic rings. The molecule has 2 heterocycles. The quantitative estimate of drug-likeness (QED) is 0.121. The molecule has 2 aromatic carbocycles. The summed E-state index contributed by atoms with van der Waals surface area (Å²) in [6.07, 6.45) is 0.621. The summed E-state index contributed by atoms with van der Waals surface area (Å²) < 4.78 is 18.2. The Morgan fingerprint density at radius 2 is 1.69 bits per heavy atom. The molecule has 54 heavy (non-hydrogen) atoms. The average Bonchev–Trinajstić information content (AvgIpc) is 3.48. The Hall–Kier alpha value is -4.28. The lowest BCUT2D eigenvalue weighted by Crippen LogP contribution is -2.57. The number of fused-ring (bicyclic) bond motifs is 2. The SMILES string of the molecule is CON[C@H](C(=O)CN[C@@H](C)C(=O)CNc1ccc(COC(=O)N2c3cc(O)c(OC)cc3C(=O)N3C=C(C)C[C@H]3[C@@H]2O[Si](C)(C)C(C)(C)C)cc1)C(C)C. The molecule has 0 aliphatic carbocycles. The number of rotatable bonds is 16. The number of carbonyl (C=O) groups excluding carboxylic acids is 4. The molecule has 14 nitrogen and oxygen atoms in total. The number of hydrogen-bond acceptors (Lipinski definition) is 12. The van der Waals surface area contributed by atoms with Crippen LogP contribution in [-0.4, -0.2) is 93.6 Å². The van der Waals surface area contributed by atoms with Crippen molar-refractivity contribution in [1.82, 2.24) is 15.7 Å². The predicted octanol–water partition coefficient (Wildman–Crippen LogP) is 5.73. The lowest BCUT2D eigenvalue weighted by Gasteiger charge is -2.44. The summed E-state index contributed by atoms with van der Waals surface area (Å²) in [5, 5.41) is 16.7. The van der Waals surface area contributed by atoms with Crippen LogP contribution in [0.4, 0.5) is 16.2 Å². The van der Waals surface area contributed by atoms with Crippen LogP contribution < -0.4 is 25.8 Å². The molecule has 0 saturated heterocycles. The second-order valence-electron chi connectivity index (χ2n) is 15.8. The number of anilines is 2. The summed E-state index contributed by atoms with van der Waals surface area (Å²) in [7, 11) is 0.302. The number of Topliss-reactive ketones (excluding diaryl/α,β-unsaturated/α-hetero) is 2. The van der Waals surface area contributed by atoms with Crippen LogP contribution in [0.3, 0.4) is 0 Å². The zero-order valence-electron chi connectivity index (χ0n) is 33.4. The number of benzene rings is 2. The molecular weight excluding hydrogens is 711 g/mol. The topological polar surface area (TPSA) is 168 Å². The van der Waals surface area contributed by atoms with Crippen molar-refractivity contribution in [2.24, 2.45) is 5.92 Å². The van der Waals surface area contributed by atoms with Gasteiger partial charge in [0.25, 0.3) is 5.91 Å². The van der Waals surface area contributed by atoms with Gasteiger partial charge in [0.2, 0.25) is 0 Å². The normalized spacial score (nSPS) is 18.4. The van der Waals surface area contributed by atoms with Crippen LogP contribution in [0, 0.1) is 5.92 Å². The van der Waals surface area contributed by atoms with Gasteiger partial charge in [-0.15, -0.1) is 0 Å². The minimum Gasteiger partial charge on any atom is -0.504 e. The number of aromatic hydroxyl groups is 1. The number of nitrogens with one attached hydrogen (secondary N) is 3. The van der Waals surface area contributed by atoms with Crippen molar-refractivity contribution in [1.29, 1.82) is 0 Å². The van der Waals surface area contributed by atoms with Crippen molar-refractivity contribution in [3.05, 3.63) is 59.3 Å². The van der Waals surface area contributed by atoms with Crippen LogP contribution >= 0.6 is 0 Å². The summed E-state index contributed by atoms with van der Waals surface area (Å²) >= 11 is 0. The zero-order valence-corrected chi connectivity index (χ0v) is 34.4. The van der Waals surface area contributed by atoms with Gasteiger partial charge in [-0.05, 0) is 68.1 Å². The van der Waals surface area contributed by atoms with Crippen LogP contribution in [0.25, 0.3) is 0 Å². The standard InChI is InChI=1S/C39H57N5O9Si/c1-23(2)35(42-51-9)33(47)20-40-25(4)32(46)19-41-27-14-12-26(13-15-27)22-52-38(49)44-29-18-31(45)34(50-8)17-28(29)36(48)43-21-24(3)16-30(43)37(44)53-54(10,11)39(5,6)7/h12-15,17-18,21,23,25,30,35,37,40-42,45H,16,19-20,22H2,1-11H3/t25-,30-,35-,37-/m0/s1. The van der Waals surface area contributed by atoms with Gasteiger partial charge in [0.15, 0.2) is 37.6 Å². The molecule has 2 aliphatic heterocycles. The molecule has 0 radical (unpaired) electrons. The Morgan fingerprint density at radius 3 is 2.28 bits per heavy atom. The fourth-order valence-corrected chi connectivity index (χ4v) is 7.29. The first-order valence-corrected chi connectivity index (χ1v) is 21.1. The van der Waals surface area contributed by atoms with Crippen molar-refractivity contribution in [3.63, 3.8) is 0 Å². The molecule has 296 valence electrons. The zero-order chi connectivity index (χ0) is 40.1. The molecule has 0 saturated carbocycles. The molecule has 0 aromatic heterocycles. The third-order valence-electron chi connectivity index (χ3n) is 10.4. The third kappa shape index (κ3) is 9.68. The highest BCUT2D eigenvalue weighted by molar-refractivity contribution is 6.74. The number of ketones is 2. The van der Waals surface area contributed by atoms with E-state index in [0.29, 0.717) is 17.7 Å². The van der Waals surface area contributed by atoms with E-state index in [1.165, 1.54) is 31.3 Å². The number of phenolic OH excluding ortho intramolecular Hbond substituents is 1. The van der Waals surface area contributed by atoms with Gasteiger partial charge >= 0.3 is 6.09 Å². The van der Waals surface area contributed by atoms with Gasteiger partial charge in [0, 0.05) is 18.0 Å². The average molecular weight is 768 g/mol. The maximum absolute atomic E-state index is 14.3. The first-order chi connectivity index (χ1) is 25.3. The Morgan fingerprint density at radius 1 is 1.02 bits per heavy atom. The Bertz CT molecular complexity index is 1720. The van der Waals surface area contributed by atoms with Gasteiger partial charge in [-0.2, -0.15) is 5.48 Å². The first-order valence-electron chi connectivity index (χ1n) is 18.2. The summed E-state index contributed by atoms with van der Waals surface area (Å²) in [5.74, 6) is -0.685. The minimum absolute atomic E-state index is 0.0206. The van der Waals surface area contributed by atoms with E-state index in [1.54, 1.807) is 42.3 Å². The molecule has 0 bridgehead atoms. The smallest absolute Gasteiger partial charge is 0.416 e. The minimum atomic E-state index is -2.55. The first kappa shape index (κ1) is 42.5. The van der Waals surface area contributed by atoms with E-state index < -0.39 is 38.8 Å². The summed E-state index contributed by atoms with van der Waals surface area (Å²) in [4.78, 5) is 61.6. The van der Waals surface area contributed by atoms with Gasteiger partial charge in [-0.25, -0.2) is 9.69 Å². The highest BCUT2D eigenvalue weighted by atomic mass is 28.4. The van der Waals surface area contributed by atoms with E-state index in [-0.39, 0.29) is 70.9 Å². The summed E-state index contributed by atoms with van der Waals surface area (Å²) in [5.41, 5.74) is 5.37. The van der Waals surface area contributed by atoms with Crippen LogP contribution in [0.1, 0.15) is 70.8 Å².